The van der Waals surface area contributed by atoms with Crippen molar-refractivity contribution in [2.24, 2.45) is 0 Å². The van der Waals surface area contributed by atoms with Crippen molar-refractivity contribution in [3.8, 4) is 0 Å². The lowest BCUT2D eigenvalue weighted by molar-refractivity contribution is 0.0526. The molecular weight excluding hydrogens is 382 g/mol. The number of anilines is 1. The summed E-state index contributed by atoms with van der Waals surface area (Å²) in [5.41, 5.74) is 0.695. The molecule has 0 amide bonds. The van der Waals surface area contributed by atoms with Crippen LogP contribution in [0.3, 0.4) is 0 Å². The molecule has 122 valence electrons. The van der Waals surface area contributed by atoms with E-state index in [1.807, 2.05) is 0 Å². The first-order chi connectivity index (χ1) is 10.9. The van der Waals surface area contributed by atoms with Crippen molar-refractivity contribution in [3.63, 3.8) is 0 Å². The lowest BCUT2D eigenvalue weighted by atomic mass is 10.2. The Balaban J connectivity index is 2.36. The highest BCUT2D eigenvalue weighted by Gasteiger charge is 2.22. The number of carbonyl (C=O) groups excluding carboxylic acids is 1. The number of rotatable bonds is 5. The maximum absolute atomic E-state index is 12.6. The zero-order valence-corrected chi connectivity index (χ0v) is 15.1. The Kier molecular flexibility index (Phi) is 5.43. The summed E-state index contributed by atoms with van der Waals surface area (Å²) >= 11 is 3.27. The predicted octanol–water partition coefficient (Wildman–Crippen LogP) is 3.45. The van der Waals surface area contributed by atoms with E-state index in [2.05, 4.69) is 15.9 Å². The Labute approximate surface area is 144 Å². The standard InChI is InChI=1S/C16H16BrNO4S/c1-3-22-16(19)12-5-4-6-14(11-12)18(2)23(20,21)15-9-7-13(17)8-10-15/h4-11H,3H2,1-2H3. The van der Waals surface area contributed by atoms with E-state index in [0.717, 1.165) is 8.78 Å². The summed E-state index contributed by atoms with van der Waals surface area (Å²) < 4.78 is 32.2. The molecule has 0 unspecified atom stereocenters. The Morgan fingerprint density at radius 3 is 2.43 bits per heavy atom. The van der Waals surface area contributed by atoms with Gasteiger partial charge in [-0.05, 0) is 49.4 Å². The molecule has 0 N–H and O–H groups in total. The molecule has 0 heterocycles. The number of esters is 1. The predicted molar refractivity (Wildman–Crippen MR) is 92.1 cm³/mol. The highest BCUT2D eigenvalue weighted by atomic mass is 79.9. The summed E-state index contributed by atoms with van der Waals surface area (Å²) in [5.74, 6) is -0.483. The van der Waals surface area contributed by atoms with Crippen LogP contribution in [0.15, 0.2) is 57.9 Å². The quantitative estimate of drug-likeness (QED) is 0.724. The third-order valence-corrected chi connectivity index (χ3v) is 5.52. The van der Waals surface area contributed by atoms with Crippen molar-refractivity contribution in [1.29, 1.82) is 0 Å². The molecule has 23 heavy (non-hydrogen) atoms. The number of hydrogen-bond donors (Lipinski definition) is 0. The van der Waals surface area contributed by atoms with Crippen LogP contribution >= 0.6 is 15.9 Å². The Bertz CT molecular complexity index is 803. The highest BCUT2D eigenvalue weighted by molar-refractivity contribution is 9.10. The van der Waals surface area contributed by atoms with Crippen molar-refractivity contribution < 1.29 is 17.9 Å². The Morgan fingerprint density at radius 2 is 1.83 bits per heavy atom. The maximum Gasteiger partial charge on any atom is 0.338 e. The lowest BCUT2D eigenvalue weighted by Gasteiger charge is -2.20. The van der Waals surface area contributed by atoms with Crippen LogP contribution in [-0.4, -0.2) is 28.0 Å². The second-order valence-electron chi connectivity index (χ2n) is 4.70. The SMILES string of the molecule is CCOC(=O)c1cccc(N(C)S(=O)(=O)c2ccc(Br)cc2)c1. The van der Waals surface area contributed by atoms with Crippen molar-refractivity contribution in [1.82, 2.24) is 0 Å². The van der Waals surface area contributed by atoms with Crippen LogP contribution in [0.1, 0.15) is 17.3 Å². The zero-order valence-electron chi connectivity index (χ0n) is 12.7. The van der Waals surface area contributed by atoms with E-state index in [4.69, 9.17) is 4.74 Å². The smallest absolute Gasteiger partial charge is 0.338 e. The summed E-state index contributed by atoms with van der Waals surface area (Å²) in [5, 5.41) is 0. The fourth-order valence-electron chi connectivity index (χ4n) is 1.95. The number of sulfonamides is 1. The van der Waals surface area contributed by atoms with Crippen LogP contribution in [0, 0.1) is 0 Å². The molecule has 0 atom stereocenters. The van der Waals surface area contributed by atoms with Crippen molar-refractivity contribution in [2.45, 2.75) is 11.8 Å². The molecule has 0 aliphatic heterocycles. The molecular formula is C16H16BrNO4S. The summed E-state index contributed by atoms with van der Waals surface area (Å²) in [6.07, 6.45) is 0. The highest BCUT2D eigenvalue weighted by Crippen LogP contribution is 2.24. The fraction of sp³-hybridized carbons (Fsp3) is 0.188. The van der Waals surface area contributed by atoms with Gasteiger partial charge in [0.25, 0.3) is 10.0 Å². The molecule has 0 fully saturated rings. The topological polar surface area (TPSA) is 63.7 Å². The summed E-state index contributed by atoms with van der Waals surface area (Å²) in [4.78, 5) is 12.0. The molecule has 0 saturated heterocycles. The van der Waals surface area contributed by atoms with Gasteiger partial charge >= 0.3 is 5.97 Å². The number of benzene rings is 2. The van der Waals surface area contributed by atoms with Crippen LogP contribution in [0.4, 0.5) is 5.69 Å². The molecule has 7 heteroatoms. The van der Waals surface area contributed by atoms with Gasteiger partial charge in [-0.15, -0.1) is 0 Å². The van der Waals surface area contributed by atoms with Crippen LogP contribution in [0.25, 0.3) is 0 Å². The van der Waals surface area contributed by atoms with Crippen LogP contribution < -0.4 is 4.31 Å². The monoisotopic (exact) mass is 397 g/mol. The fourth-order valence-corrected chi connectivity index (χ4v) is 3.40. The Hall–Kier alpha value is -1.86. The van der Waals surface area contributed by atoms with Gasteiger partial charge in [0.15, 0.2) is 0 Å². The molecule has 0 saturated carbocycles. The summed E-state index contributed by atoms with van der Waals surface area (Å²) in [6, 6.07) is 12.7. The van der Waals surface area contributed by atoms with Crippen molar-refractivity contribution >= 4 is 37.6 Å². The largest absolute Gasteiger partial charge is 0.462 e. The van der Waals surface area contributed by atoms with E-state index in [1.165, 1.54) is 25.2 Å². The van der Waals surface area contributed by atoms with Crippen molar-refractivity contribution in [3.05, 3.63) is 58.6 Å². The van der Waals surface area contributed by atoms with E-state index in [0.29, 0.717) is 11.3 Å². The number of nitrogens with zero attached hydrogens (tertiary/aromatic N) is 1. The molecule has 0 spiro atoms. The van der Waals surface area contributed by atoms with Crippen LogP contribution in [0.5, 0.6) is 0 Å². The lowest BCUT2D eigenvalue weighted by Crippen LogP contribution is -2.26. The van der Waals surface area contributed by atoms with Gasteiger partial charge in [0.05, 0.1) is 22.8 Å². The van der Waals surface area contributed by atoms with Gasteiger partial charge in [0, 0.05) is 11.5 Å². The molecule has 0 radical (unpaired) electrons. The molecule has 0 aromatic heterocycles. The first-order valence-electron chi connectivity index (χ1n) is 6.88. The van der Waals surface area contributed by atoms with Gasteiger partial charge in [0.1, 0.15) is 0 Å². The van der Waals surface area contributed by atoms with Crippen LogP contribution in [-0.2, 0) is 14.8 Å². The second kappa shape index (κ2) is 7.14. The molecule has 0 aliphatic carbocycles. The van der Waals surface area contributed by atoms with E-state index < -0.39 is 16.0 Å². The normalized spacial score (nSPS) is 11.1. The summed E-state index contributed by atoms with van der Waals surface area (Å²) in [7, 11) is -2.26. The van der Waals surface area contributed by atoms with E-state index in [9.17, 15) is 13.2 Å². The zero-order chi connectivity index (χ0) is 17.0. The second-order valence-corrected chi connectivity index (χ2v) is 7.58. The average molecular weight is 398 g/mol. The third-order valence-electron chi connectivity index (χ3n) is 3.19. The molecule has 5 nitrogen and oxygen atoms in total. The van der Waals surface area contributed by atoms with Gasteiger partial charge in [-0.2, -0.15) is 0 Å². The van der Waals surface area contributed by atoms with Gasteiger partial charge in [-0.1, -0.05) is 22.0 Å². The number of hydrogen-bond acceptors (Lipinski definition) is 4. The van der Waals surface area contributed by atoms with Gasteiger partial charge in [0.2, 0.25) is 0 Å². The van der Waals surface area contributed by atoms with Crippen molar-refractivity contribution in [2.75, 3.05) is 18.0 Å². The van der Waals surface area contributed by atoms with E-state index in [1.54, 1.807) is 37.3 Å². The molecule has 2 aromatic rings. The van der Waals surface area contributed by atoms with E-state index in [-0.39, 0.29) is 11.5 Å². The first kappa shape index (κ1) is 17.5. The third kappa shape index (κ3) is 3.92. The number of carbonyl (C=O) groups is 1. The van der Waals surface area contributed by atoms with Gasteiger partial charge in [-0.25, -0.2) is 13.2 Å². The van der Waals surface area contributed by atoms with Gasteiger partial charge < -0.3 is 4.74 Å². The maximum atomic E-state index is 12.6. The number of ether oxygens (including phenoxy) is 1. The van der Waals surface area contributed by atoms with E-state index >= 15 is 0 Å². The minimum Gasteiger partial charge on any atom is -0.462 e. The summed E-state index contributed by atoms with van der Waals surface area (Å²) in [6.45, 7) is 1.97. The van der Waals surface area contributed by atoms with Crippen LogP contribution in [0.2, 0.25) is 0 Å². The van der Waals surface area contributed by atoms with Gasteiger partial charge in [-0.3, -0.25) is 4.31 Å². The molecule has 0 aliphatic rings. The molecule has 0 bridgehead atoms. The minimum atomic E-state index is -3.70. The average Bonchev–Trinajstić information content (AvgIpc) is 2.55. The first-order valence-corrected chi connectivity index (χ1v) is 9.11. The molecule has 2 aromatic carbocycles. The number of halogens is 1. The Morgan fingerprint density at radius 1 is 1.17 bits per heavy atom. The molecule has 2 rings (SSSR count). The minimum absolute atomic E-state index is 0.171.